The van der Waals surface area contributed by atoms with Crippen LogP contribution in [-0.2, 0) is 0 Å². The summed E-state index contributed by atoms with van der Waals surface area (Å²) in [7, 11) is 0. The molecule has 2 aromatic rings. The number of benzene rings is 1. The molecule has 1 aromatic carbocycles. The molecular formula is C16H20N2O. The molecule has 0 aliphatic heterocycles. The number of nitrogens with one attached hydrogen (secondary N) is 1. The number of hydrogen-bond acceptors (Lipinski definition) is 2. The van der Waals surface area contributed by atoms with Gasteiger partial charge in [-0.05, 0) is 18.9 Å². The van der Waals surface area contributed by atoms with E-state index < -0.39 is 0 Å². The Hall–Kier alpha value is -1.61. The Kier molecular flexibility index (Phi) is 3.15. The van der Waals surface area contributed by atoms with Crippen LogP contribution in [0.5, 0.6) is 0 Å². The molecule has 1 fully saturated rings. The van der Waals surface area contributed by atoms with Crippen LogP contribution in [0.3, 0.4) is 0 Å². The van der Waals surface area contributed by atoms with Crippen LogP contribution in [0.4, 0.5) is 0 Å². The number of hydrogen-bond donors (Lipinski definition) is 2. The van der Waals surface area contributed by atoms with E-state index in [1.807, 2.05) is 30.5 Å². The maximum absolute atomic E-state index is 12.9. The van der Waals surface area contributed by atoms with Gasteiger partial charge in [-0.25, -0.2) is 0 Å². The highest BCUT2D eigenvalue weighted by Crippen LogP contribution is 2.39. The number of carbonyl (C=O) groups excluding carboxylic acids is 1. The number of H-pyrrole nitrogens is 1. The minimum Gasteiger partial charge on any atom is -0.360 e. The Morgan fingerprint density at radius 2 is 1.95 bits per heavy atom. The van der Waals surface area contributed by atoms with Crippen molar-refractivity contribution < 1.29 is 4.79 Å². The van der Waals surface area contributed by atoms with Crippen LogP contribution >= 0.6 is 0 Å². The van der Waals surface area contributed by atoms with Gasteiger partial charge in [0.1, 0.15) is 0 Å². The lowest BCUT2D eigenvalue weighted by Gasteiger charge is -2.34. The van der Waals surface area contributed by atoms with E-state index in [9.17, 15) is 4.79 Å². The largest absolute Gasteiger partial charge is 0.360 e. The van der Waals surface area contributed by atoms with Crippen molar-refractivity contribution in [1.29, 1.82) is 0 Å². The molecular weight excluding hydrogens is 236 g/mol. The topological polar surface area (TPSA) is 58.9 Å². The second-order valence-corrected chi connectivity index (χ2v) is 5.62. The maximum Gasteiger partial charge on any atom is 0.172 e. The zero-order valence-electron chi connectivity index (χ0n) is 11.1. The lowest BCUT2D eigenvalue weighted by Crippen LogP contribution is -2.40. The SMILES string of the molecule is NCC1(C(=O)c2c[nH]c3ccccc23)CCCCC1. The number of aromatic amines is 1. The number of fused-ring (bicyclic) bond motifs is 1. The Labute approximate surface area is 113 Å². The van der Waals surface area contributed by atoms with Crippen LogP contribution in [0, 0.1) is 5.41 Å². The summed E-state index contributed by atoms with van der Waals surface area (Å²) in [5.74, 6) is 0.229. The normalized spacial score (nSPS) is 18.6. The monoisotopic (exact) mass is 256 g/mol. The van der Waals surface area contributed by atoms with Crippen LogP contribution in [-0.4, -0.2) is 17.3 Å². The second-order valence-electron chi connectivity index (χ2n) is 5.62. The van der Waals surface area contributed by atoms with Gasteiger partial charge in [-0.15, -0.1) is 0 Å². The zero-order valence-corrected chi connectivity index (χ0v) is 11.1. The average Bonchev–Trinajstić information content (AvgIpc) is 2.91. The lowest BCUT2D eigenvalue weighted by molar-refractivity contribution is 0.0731. The van der Waals surface area contributed by atoms with E-state index in [4.69, 9.17) is 5.73 Å². The Morgan fingerprint density at radius 3 is 2.68 bits per heavy atom. The summed E-state index contributed by atoms with van der Waals surface area (Å²) in [6.45, 7) is 0.464. The molecule has 0 atom stereocenters. The van der Waals surface area contributed by atoms with Gasteiger partial charge in [0.25, 0.3) is 0 Å². The van der Waals surface area contributed by atoms with Gasteiger partial charge in [0, 0.05) is 34.6 Å². The van der Waals surface area contributed by atoms with Crippen molar-refractivity contribution in [2.75, 3.05) is 6.54 Å². The fourth-order valence-electron chi connectivity index (χ4n) is 3.30. The van der Waals surface area contributed by atoms with Gasteiger partial charge in [0.2, 0.25) is 0 Å². The first-order chi connectivity index (χ1) is 9.27. The van der Waals surface area contributed by atoms with Crippen LogP contribution in [0.25, 0.3) is 10.9 Å². The molecule has 1 aromatic heterocycles. The summed E-state index contributed by atoms with van der Waals surface area (Å²) in [5.41, 5.74) is 7.46. The first-order valence-electron chi connectivity index (χ1n) is 7.08. The van der Waals surface area contributed by atoms with E-state index in [1.165, 1.54) is 6.42 Å². The van der Waals surface area contributed by atoms with Gasteiger partial charge in [-0.2, -0.15) is 0 Å². The van der Waals surface area contributed by atoms with E-state index in [0.717, 1.165) is 42.1 Å². The van der Waals surface area contributed by atoms with Crippen LogP contribution in [0.2, 0.25) is 0 Å². The molecule has 3 heteroatoms. The smallest absolute Gasteiger partial charge is 0.172 e. The molecule has 0 radical (unpaired) electrons. The molecule has 19 heavy (non-hydrogen) atoms. The van der Waals surface area contributed by atoms with Gasteiger partial charge in [0.15, 0.2) is 5.78 Å². The van der Waals surface area contributed by atoms with Gasteiger partial charge in [0.05, 0.1) is 0 Å². The fourth-order valence-corrected chi connectivity index (χ4v) is 3.30. The standard InChI is InChI=1S/C16H20N2O/c17-11-16(8-4-1-5-9-16)15(19)13-10-18-14-7-3-2-6-12(13)14/h2-3,6-7,10,18H,1,4-5,8-9,11,17H2. The number of Topliss-reactive ketones (excluding diaryl/α,β-unsaturated/α-hetero) is 1. The molecule has 0 amide bonds. The number of ketones is 1. The Balaban J connectivity index is 2.03. The fraction of sp³-hybridized carbons (Fsp3) is 0.438. The van der Waals surface area contributed by atoms with Crippen molar-refractivity contribution in [3.8, 4) is 0 Å². The minimum absolute atomic E-state index is 0.229. The average molecular weight is 256 g/mol. The molecule has 3 N–H and O–H groups in total. The summed E-state index contributed by atoms with van der Waals surface area (Å²) >= 11 is 0. The zero-order chi connectivity index (χ0) is 13.3. The summed E-state index contributed by atoms with van der Waals surface area (Å²) in [6, 6.07) is 7.96. The molecule has 1 heterocycles. The van der Waals surface area contributed by atoms with E-state index in [-0.39, 0.29) is 11.2 Å². The maximum atomic E-state index is 12.9. The van der Waals surface area contributed by atoms with E-state index >= 15 is 0 Å². The van der Waals surface area contributed by atoms with Crippen molar-refractivity contribution in [2.24, 2.45) is 11.1 Å². The first kappa shape index (κ1) is 12.4. The van der Waals surface area contributed by atoms with Crippen molar-refractivity contribution in [3.05, 3.63) is 36.0 Å². The highest BCUT2D eigenvalue weighted by atomic mass is 16.1. The second kappa shape index (κ2) is 4.82. The van der Waals surface area contributed by atoms with Gasteiger partial charge in [-0.3, -0.25) is 4.79 Å². The molecule has 1 aliphatic rings. The van der Waals surface area contributed by atoms with Gasteiger partial charge < -0.3 is 10.7 Å². The van der Waals surface area contributed by atoms with Crippen molar-refractivity contribution in [2.45, 2.75) is 32.1 Å². The van der Waals surface area contributed by atoms with E-state index in [1.54, 1.807) is 0 Å². The lowest BCUT2D eigenvalue weighted by atomic mass is 9.69. The third kappa shape index (κ3) is 1.98. The number of para-hydroxylation sites is 1. The van der Waals surface area contributed by atoms with Crippen LogP contribution in [0.1, 0.15) is 42.5 Å². The third-order valence-corrected chi connectivity index (χ3v) is 4.52. The summed E-state index contributed by atoms with van der Waals surface area (Å²) < 4.78 is 0. The Bertz CT molecular complexity index is 594. The molecule has 0 spiro atoms. The molecule has 0 saturated heterocycles. The number of nitrogens with two attached hydrogens (primary N) is 1. The highest BCUT2D eigenvalue weighted by Gasteiger charge is 2.39. The van der Waals surface area contributed by atoms with E-state index in [0.29, 0.717) is 6.54 Å². The Morgan fingerprint density at radius 1 is 1.21 bits per heavy atom. The minimum atomic E-state index is -0.330. The first-order valence-corrected chi connectivity index (χ1v) is 7.08. The van der Waals surface area contributed by atoms with Gasteiger partial charge >= 0.3 is 0 Å². The molecule has 100 valence electrons. The van der Waals surface area contributed by atoms with Crippen LogP contribution < -0.4 is 5.73 Å². The molecule has 0 unspecified atom stereocenters. The van der Waals surface area contributed by atoms with Crippen molar-refractivity contribution in [1.82, 2.24) is 4.98 Å². The van der Waals surface area contributed by atoms with Gasteiger partial charge in [-0.1, -0.05) is 37.5 Å². The van der Waals surface area contributed by atoms with E-state index in [2.05, 4.69) is 4.98 Å². The molecule has 3 rings (SSSR count). The highest BCUT2D eigenvalue weighted by molar-refractivity contribution is 6.10. The predicted molar refractivity (Wildman–Crippen MR) is 77.2 cm³/mol. The predicted octanol–water partition coefficient (Wildman–Crippen LogP) is 3.26. The molecule has 1 saturated carbocycles. The summed E-state index contributed by atoms with van der Waals surface area (Å²) in [4.78, 5) is 16.1. The number of carbonyl (C=O) groups is 1. The van der Waals surface area contributed by atoms with Crippen LogP contribution in [0.15, 0.2) is 30.5 Å². The molecule has 1 aliphatic carbocycles. The quantitative estimate of drug-likeness (QED) is 0.828. The van der Waals surface area contributed by atoms with Crippen molar-refractivity contribution >= 4 is 16.7 Å². The molecule has 3 nitrogen and oxygen atoms in total. The van der Waals surface area contributed by atoms with Crippen molar-refractivity contribution in [3.63, 3.8) is 0 Å². The summed E-state index contributed by atoms with van der Waals surface area (Å²) in [5, 5.41) is 1.02. The number of aromatic nitrogens is 1. The summed E-state index contributed by atoms with van der Waals surface area (Å²) in [6.07, 6.45) is 7.17. The number of rotatable bonds is 3. The third-order valence-electron chi connectivity index (χ3n) is 4.52. The molecule has 0 bridgehead atoms.